The van der Waals surface area contributed by atoms with Gasteiger partial charge < -0.3 is 0 Å². The zero-order valence-electron chi connectivity index (χ0n) is 11.8. The van der Waals surface area contributed by atoms with Crippen LogP contribution in [0.25, 0.3) is 0 Å². The molecule has 4 heteroatoms. The van der Waals surface area contributed by atoms with Gasteiger partial charge in [0, 0.05) is 37.3 Å². The highest BCUT2D eigenvalue weighted by atomic mass is 19.1. The van der Waals surface area contributed by atoms with E-state index in [1.807, 2.05) is 0 Å². The summed E-state index contributed by atoms with van der Waals surface area (Å²) in [6.07, 6.45) is 2.54. The molecule has 2 unspecified atom stereocenters. The van der Waals surface area contributed by atoms with Crippen molar-refractivity contribution in [1.29, 1.82) is 5.26 Å². The summed E-state index contributed by atoms with van der Waals surface area (Å²) in [6, 6.07) is 7.79. The second-order valence-electron chi connectivity index (χ2n) is 5.99. The SMILES string of the molecule is CC1CN2CCCC2CN1Cc1cc(C#N)ccc1F. The maximum Gasteiger partial charge on any atom is 0.127 e. The van der Waals surface area contributed by atoms with Crippen LogP contribution in [0.3, 0.4) is 0 Å². The van der Waals surface area contributed by atoms with Gasteiger partial charge in [0.05, 0.1) is 11.6 Å². The Morgan fingerprint density at radius 3 is 3.05 bits per heavy atom. The molecule has 1 aromatic rings. The molecule has 0 N–H and O–H groups in total. The zero-order chi connectivity index (χ0) is 14.1. The lowest BCUT2D eigenvalue weighted by Gasteiger charge is -2.42. The predicted octanol–water partition coefficient (Wildman–Crippen LogP) is 2.37. The third-order valence-electron chi connectivity index (χ3n) is 4.61. The third kappa shape index (κ3) is 2.56. The summed E-state index contributed by atoms with van der Waals surface area (Å²) >= 11 is 0. The fourth-order valence-corrected chi connectivity index (χ4v) is 3.45. The van der Waals surface area contributed by atoms with Crippen LogP contribution in [0, 0.1) is 17.1 Å². The number of fused-ring (bicyclic) bond motifs is 1. The molecule has 2 saturated heterocycles. The summed E-state index contributed by atoms with van der Waals surface area (Å²) < 4.78 is 13.9. The third-order valence-corrected chi connectivity index (χ3v) is 4.61. The van der Waals surface area contributed by atoms with Crippen LogP contribution in [-0.4, -0.2) is 41.5 Å². The van der Waals surface area contributed by atoms with Gasteiger partial charge in [-0.3, -0.25) is 9.80 Å². The summed E-state index contributed by atoms with van der Waals surface area (Å²) in [5, 5.41) is 8.94. The molecular formula is C16H20FN3. The van der Waals surface area contributed by atoms with E-state index in [4.69, 9.17) is 5.26 Å². The van der Waals surface area contributed by atoms with Crippen molar-refractivity contribution < 1.29 is 4.39 Å². The van der Waals surface area contributed by atoms with Crippen LogP contribution >= 0.6 is 0 Å². The van der Waals surface area contributed by atoms with E-state index in [2.05, 4.69) is 22.8 Å². The summed E-state index contributed by atoms with van der Waals surface area (Å²) in [6.45, 7) is 6.11. The molecule has 1 aromatic carbocycles. The lowest BCUT2D eigenvalue weighted by molar-refractivity contribution is 0.0533. The summed E-state index contributed by atoms with van der Waals surface area (Å²) in [4.78, 5) is 4.91. The van der Waals surface area contributed by atoms with Gasteiger partial charge in [-0.2, -0.15) is 5.26 Å². The van der Waals surface area contributed by atoms with Crippen LogP contribution in [0.15, 0.2) is 18.2 Å². The highest BCUT2D eigenvalue weighted by Gasteiger charge is 2.34. The maximum absolute atomic E-state index is 13.9. The van der Waals surface area contributed by atoms with E-state index in [1.165, 1.54) is 31.5 Å². The first-order chi connectivity index (χ1) is 9.67. The minimum atomic E-state index is -0.204. The van der Waals surface area contributed by atoms with Crippen molar-refractivity contribution in [1.82, 2.24) is 9.80 Å². The molecule has 0 amide bonds. The number of hydrogen-bond acceptors (Lipinski definition) is 3. The molecule has 0 aliphatic carbocycles. The smallest absolute Gasteiger partial charge is 0.127 e. The lowest BCUT2D eigenvalue weighted by atomic mass is 10.1. The number of nitriles is 1. The van der Waals surface area contributed by atoms with Crippen molar-refractivity contribution in [2.24, 2.45) is 0 Å². The first-order valence-corrected chi connectivity index (χ1v) is 7.34. The number of nitrogens with zero attached hydrogens (tertiary/aromatic N) is 3. The standard InChI is InChI=1S/C16H20FN3/c1-12-9-19-6-2-3-15(19)11-20(12)10-14-7-13(8-18)4-5-16(14)17/h4-5,7,12,15H,2-3,6,9-11H2,1H3. The van der Waals surface area contributed by atoms with E-state index in [0.717, 1.165) is 13.1 Å². The number of halogens is 1. The van der Waals surface area contributed by atoms with Gasteiger partial charge >= 0.3 is 0 Å². The molecule has 106 valence electrons. The van der Waals surface area contributed by atoms with Crippen LogP contribution < -0.4 is 0 Å². The molecule has 0 radical (unpaired) electrons. The van der Waals surface area contributed by atoms with Crippen LogP contribution in [0.5, 0.6) is 0 Å². The number of piperazine rings is 1. The Kier molecular flexibility index (Phi) is 3.73. The molecule has 2 aliphatic rings. The highest BCUT2D eigenvalue weighted by Crippen LogP contribution is 2.26. The van der Waals surface area contributed by atoms with E-state index in [-0.39, 0.29) is 5.82 Å². The minimum absolute atomic E-state index is 0.204. The van der Waals surface area contributed by atoms with Gasteiger partial charge in [-0.25, -0.2) is 4.39 Å². The molecule has 20 heavy (non-hydrogen) atoms. The van der Waals surface area contributed by atoms with Crippen LogP contribution in [-0.2, 0) is 6.54 Å². The Labute approximate surface area is 119 Å². The highest BCUT2D eigenvalue weighted by molar-refractivity contribution is 5.33. The molecule has 0 spiro atoms. The minimum Gasteiger partial charge on any atom is -0.298 e. The van der Waals surface area contributed by atoms with Gasteiger partial charge in [0.15, 0.2) is 0 Å². The van der Waals surface area contributed by atoms with Crippen molar-refractivity contribution in [2.75, 3.05) is 19.6 Å². The predicted molar refractivity (Wildman–Crippen MR) is 75.6 cm³/mol. The Morgan fingerprint density at radius 1 is 1.40 bits per heavy atom. The van der Waals surface area contributed by atoms with Crippen LogP contribution in [0.1, 0.15) is 30.9 Å². The molecule has 0 aromatic heterocycles. The van der Waals surface area contributed by atoms with E-state index < -0.39 is 0 Å². The average Bonchev–Trinajstić information content (AvgIpc) is 2.88. The molecule has 2 atom stereocenters. The summed E-state index contributed by atoms with van der Waals surface area (Å²) in [5.41, 5.74) is 1.18. The number of benzene rings is 1. The Balaban J connectivity index is 1.75. The molecule has 0 bridgehead atoms. The molecule has 0 saturated carbocycles. The first-order valence-electron chi connectivity index (χ1n) is 7.34. The van der Waals surface area contributed by atoms with Crippen molar-refractivity contribution in [3.63, 3.8) is 0 Å². The molecule has 3 nitrogen and oxygen atoms in total. The number of rotatable bonds is 2. The lowest BCUT2D eigenvalue weighted by Crippen LogP contribution is -2.54. The van der Waals surface area contributed by atoms with Gasteiger partial charge in [0.25, 0.3) is 0 Å². The topological polar surface area (TPSA) is 30.3 Å². The van der Waals surface area contributed by atoms with E-state index in [1.54, 1.807) is 6.07 Å². The monoisotopic (exact) mass is 273 g/mol. The summed E-state index contributed by atoms with van der Waals surface area (Å²) in [7, 11) is 0. The maximum atomic E-state index is 13.9. The summed E-state index contributed by atoms with van der Waals surface area (Å²) in [5.74, 6) is -0.204. The van der Waals surface area contributed by atoms with E-state index >= 15 is 0 Å². The van der Waals surface area contributed by atoms with Gasteiger partial charge in [0.1, 0.15) is 5.82 Å². The molecular weight excluding hydrogens is 253 g/mol. The second kappa shape index (κ2) is 5.51. The van der Waals surface area contributed by atoms with Gasteiger partial charge in [-0.15, -0.1) is 0 Å². The number of hydrogen-bond donors (Lipinski definition) is 0. The normalized spacial score (nSPS) is 27.2. The van der Waals surface area contributed by atoms with Crippen molar-refractivity contribution in [3.8, 4) is 6.07 Å². The van der Waals surface area contributed by atoms with E-state index in [0.29, 0.717) is 29.8 Å². The van der Waals surface area contributed by atoms with Gasteiger partial charge in [0.2, 0.25) is 0 Å². The molecule has 2 fully saturated rings. The Hall–Kier alpha value is -1.44. The van der Waals surface area contributed by atoms with Gasteiger partial charge in [-0.1, -0.05) is 0 Å². The quantitative estimate of drug-likeness (QED) is 0.828. The average molecular weight is 273 g/mol. The first kappa shape index (κ1) is 13.5. The van der Waals surface area contributed by atoms with Crippen molar-refractivity contribution in [2.45, 2.75) is 38.4 Å². The molecule has 2 aliphatic heterocycles. The van der Waals surface area contributed by atoms with Crippen molar-refractivity contribution >= 4 is 0 Å². The fourth-order valence-electron chi connectivity index (χ4n) is 3.45. The molecule has 2 heterocycles. The van der Waals surface area contributed by atoms with Crippen LogP contribution in [0.4, 0.5) is 4.39 Å². The van der Waals surface area contributed by atoms with Crippen molar-refractivity contribution in [3.05, 3.63) is 35.1 Å². The van der Waals surface area contributed by atoms with Gasteiger partial charge in [-0.05, 0) is 44.5 Å². The Bertz CT molecular complexity index is 537. The largest absolute Gasteiger partial charge is 0.298 e. The molecule has 3 rings (SSSR count). The Morgan fingerprint density at radius 2 is 2.25 bits per heavy atom. The second-order valence-corrected chi connectivity index (χ2v) is 5.99. The van der Waals surface area contributed by atoms with Crippen LogP contribution in [0.2, 0.25) is 0 Å². The fraction of sp³-hybridized carbons (Fsp3) is 0.562. The zero-order valence-corrected chi connectivity index (χ0v) is 11.8. The van der Waals surface area contributed by atoms with E-state index in [9.17, 15) is 4.39 Å².